The van der Waals surface area contributed by atoms with Gasteiger partial charge >= 0.3 is 0 Å². The van der Waals surface area contributed by atoms with Gasteiger partial charge in [0.05, 0.1) is 39.2 Å². The van der Waals surface area contributed by atoms with Gasteiger partial charge in [-0.3, -0.25) is 4.68 Å². The average molecular weight is 269 g/mol. The molecule has 0 spiro atoms. The van der Waals surface area contributed by atoms with Crippen LogP contribution in [0.5, 0.6) is 5.75 Å². The van der Waals surface area contributed by atoms with Crippen LogP contribution in [-0.2, 0) is 16.0 Å². The van der Waals surface area contributed by atoms with Crippen LogP contribution >= 0.6 is 0 Å². The second-order valence-electron chi connectivity index (χ2n) is 4.43. The normalized spacial score (nSPS) is 21.3. The number of rotatable bonds is 6. The van der Waals surface area contributed by atoms with Crippen molar-refractivity contribution in [1.29, 1.82) is 0 Å². The fourth-order valence-corrected chi connectivity index (χ4v) is 2.42. The van der Waals surface area contributed by atoms with Crippen LogP contribution in [0.4, 0.5) is 0 Å². The summed E-state index contributed by atoms with van der Waals surface area (Å²) in [5, 5.41) is 7.82. The largest absolute Gasteiger partial charge is 0.493 e. The number of nitrogens with zero attached hydrogens (tertiary/aromatic N) is 2. The van der Waals surface area contributed by atoms with Gasteiger partial charge in [0.15, 0.2) is 5.75 Å². The lowest BCUT2D eigenvalue weighted by molar-refractivity contribution is -0.103. The van der Waals surface area contributed by atoms with E-state index in [0.717, 1.165) is 24.5 Å². The highest BCUT2D eigenvalue weighted by molar-refractivity contribution is 5.29. The zero-order valence-corrected chi connectivity index (χ0v) is 11.9. The third-order valence-corrected chi connectivity index (χ3v) is 3.30. The number of hydrogen-bond acceptors (Lipinski definition) is 5. The third kappa shape index (κ3) is 3.08. The maximum absolute atomic E-state index is 5.83. The van der Waals surface area contributed by atoms with Crippen molar-refractivity contribution in [2.75, 3.05) is 33.5 Å². The van der Waals surface area contributed by atoms with Gasteiger partial charge in [0, 0.05) is 6.54 Å². The van der Waals surface area contributed by atoms with Gasteiger partial charge < -0.3 is 19.5 Å². The molecule has 0 saturated carbocycles. The molecule has 1 aliphatic heterocycles. The van der Waals surface area contributed by atoms with E-state index in [0.29, 0.717) is 19.8 Å². The number of ether oxygens (including phenoxy) is 3. The molecule has 2 atom stereocenters. The van der Waals surface area contributed by atoms with Crippen molar-refractivity contribution in [2.45, 2.75) is 32.5 Å². The lowest BCUT2D eigenvalue weighted by atomic mass is 10.1. The van der Waals surface area contributed by atoms with Crippen molar-refractivity contribution < 1.29 is 14.2 Å². The first-order valence-corrected chi connectivity index (χ1v) is 6.84. The van der Waals surface area contributed by atoms with Crippen LogP contribution in [0.3, 0.4) is 0 Å². The van der Waals surface area contributed by atoms with Crippen molar-refractivity contribution in [3.63, 3.8) is 0 Å². The minimum absolute atomic E-state index is 0.00963. The van der Waals surface area contributed by atoms with Crippen LogP contribution in [0.1, 0.15) is 25.6 Å². The van der Waals surface area contributed by atoms with Crippen molar-refractivity contribution in [3.8, 4) is 5.75 Å². The van der Waals surface area contributed by atoms with E-state index in [4.69, 9.17) is 14.2 Å². The summed E-state index contributed by atoms with van der Waals surface area (Å²) in [5.41, 5.74) is 1.03. The molecule has 1 fully saturated rings. The number of nitrogens with one attached hydrogen (secondary N) is 1. The molecule has 0 amide bonds. The van der Waals surface area contributed by atoms with Crippen LogP contribution in [0.2, 0.25) is 0 Å². The fourth-order valence-electron chi connectivity index (χ4n) is 2.42. The van der Waals surface area contributed by atoms with Crippen LogP contribution in [-0.4, -0.2) is 49.4 Å². The summed E-state index contributed by atoms with van der Waals surface area (Å²) < 4.78 is 18.7. The zero-order valence-electron chi connectivity index (χ0n) is 11.9. The Morgan fingerprint density at radius 1 is 1.53 bits per heavy atom. The number of aryl methyl sites for hydroxylation is 1. The zero-order chi connectivity index (χ0) is 13.7. The van der Waals surface area contributed by atoms with E-state index < -0.39 is 0 Å². The maximum Gasteiger partial charge on any atom is 0.161 e. The highest BCUT2D eigenvalue weighted by Gasteiger charge is 2.31. The van der Waals surface area contributed by atoms with Gasteiger partial charge in [0.25, 0.3) is 0 Å². The molecule has 2 heterocycles. The van der Waals surface area contributed by atoms with Gasteiger partial charge in [-0.25, -0.2) is 0 Å². The van der Waals surface area contributed by atoms with Crippen molar-refractivity contribution in [2.24, 2.45) is 0 Å². The van der Waals surface area contributed by atoms with E-state index in [1.165, 1.54) is 0 Å². The van der Waals surface area contributed by atoms with Crippen molar-refractivity contribution in [1.82, 2.24) is 15.1 Å². The van der Waals surface area contributed by atoms with Gasteiger partial charge in [-0.15, -0.1) is 0 Å². The molecule has 1 aromatic heterocycles. The van der Waals surface area contributed by atoms with E-state index in [1.807, 2.05) is 4.68 Å². The average Bonchev–Trinajstić information content (AvgIpc) is 2.88. The SMILES string of the molecule is CCNC(c1c(OC)cnn1CC)C1COCCO1. The molecule has 19 heavy (non-hydrogen) atoms. The molecule has 0 aliphatic carbocycles. The Balaban J connectivity index is 2.28. The van der Waals surface area contributed by atoms with E-state index >= 15 is 0 Å². The molecule has 2 unspecified atom stereocenters. The molecule has 0 radical (unpaired) electrons. The highest BCUT2D eigenvalue weighted by Crippen LogP contribution is 2.29. The summed E-state index contributed by atoms with van der Waals surface area (Å²) in [6.45, 7) is 7.69. The molecule has 0 aromatic carbocycles. The van der Waals surface area contributed by atoms with E-state index in [1.54, 1.807) is 13.3 Å². The standard InChI is InChI=1S/C13H23N3O3/c1-4-14-12(11-9-18-6-7-19-11)13-10(17-3)8-15-16(13)5-2/h8,11-12,14H,4-7,9H2,1-3H3. The molecule has 6 heteroatoms. The molecule has 1 aliphatic rings. The fraction of sp³-hybridized carbons (Fsp3) is 0.769. The summed E-state index contributed by atoms with van der Waals surface area (Å²) in [6.07, 6.45) is 1.75. The number of hydrogen-bond donors (Lipinski definition) is 1. The Bertz CT molecular complexity index is 367. The topological polar surface area (TPSA) is 57.5 Å². The van der Waals surface area contributed by atoms with Gasteiger partial charge in [-0.2, -0.15) is 5.10 Å². The Kier molecular flexibility index (Phi) is 5.18. The Hall–Kier alpha value is -1.11. The monoisotopic (exact) mass is 269 g/mol. The molecule has 108 valence electrons. The molecule has 1 aromatic rings. The Morgan fingerprint density at radius 3 is 2.95 bits per heavy atom. The lowest BCUT2D eigenvalue weighted by Gasteiger charge is -2.31. The summed E-state index contributed by atoms with van der Waals surface area (Å²) in [7, 11) is 1.67. The smallest absolute Gasteiger partial charge is 0.161 e. The first-order chi connectivity index (χ1) is 9.31. The summed E-state index contributed by atoms with van der Waals surface area (Å²) in [5.74, 6) is 0.793. The van der Waals surface area contributed by atoms with Crippen LogP contribution in [0.25, 0.3) is 0 Å². The van der Waals surface area contributed by atoms with Gasteiger partial charge in [-0.1, -0.05) is 6.92 Å². The minimum atomic E-state index is -0.00963. The van der Waals surface area contributed by atoms with Crippen molar-refractivity contribution >= 4 is 0 Å². The molecule has 1 N–H and O–H groups in total. The summed E-state index contributed by atoms with van der Waals surface area (Å²) >= 11 is 0. The minimum Gasteiger partial charge on any atom is -0.493 e. The van der Waals surface area contributed by atoms with E-state index in [9.17, 15) is 0 Å². The second-order valence-corrected chi connectivity index (χ2v) is 4.43. The second kappa shape index (κ2) is 6.88. The maximum atomic E-state index is 5.83. The number of aromatic nitrogens is 2. The quantitative estimate of drug-likeness (QED) is 0.834. The Labute approximate surface area is 114 Å². The van der Waals surface area contributed by atoms with Gasteiger partial charge in [0.2, 0.25) is 0 Å². The summed E-state index contributed by atoms with van der Waals surface area (Å²) in [4.78, 5) is 0. The number of likely N-dealkylation sites (N-methyl/N-ethyl adjacent to an activating group) is 1. The molecule has 6 nitrogen and oxygen atoms in total. The van der Waals surface area contributed by atoms with Crippen LogP contribution in [0.15, 0.2) is 6.20 Å². The molecule has 0 bridgehead atoms. The first-order valence-electron chi connectivity index (χ1n) is 6.84. The molecule has 2 rings (SSSR count). The van der Waals surface area contributed by atoms with Crippen molar-refractivity contribution in [3.05, 3.63) is 11.9 Å². The molecule has 1 saturated heterocycles. The summed E-state index contributed by atoms with van der Waals surface area (Å²) in [6, 6.07) is 0.0303. The van der Waals surface area contributed by atoms with Crippen LogP contribution in [0, 0.1) is 0 Å². The first kappa shape index (κ1) is 14.3. The molecular formula is C13H23N3O3. The van der Waals surface area contributed by atoms with E-state index in [-0.39, 0.29) is 12.1 Å². The van der Waals surface area contributed by atoms with Gasteiger partial charge in [0.1, 0.15) is 11.8 Å². The van der Waals surface area contributed by atoms with E-state index in [2.05, 4.69) is 24.3 Å². The predicted octanol–water partition coefficient (Wildman–Crippen LogP) is 0.978. The highest BCUT2D eigenvalue weighted by atomic mass is 16.6. The van der Waals surface area contributed by atoms with Gasteiger partial charge in [-0.05, 0) is 13.5 Å². The number of methoxy groups -OCH3 is 1. The van der Waals surface area contributed by atoms with Crippen LogP contribution < -0.4 is 10.1 Å². The Morgan fingerprint density at radius 2 is 2.37 bits per heavy atom. The molecular weight excluding hydrogens is 246 g/mol. The predicted molar refractivity (Wildman–Crippen MR) is 71.4 cm³/mol. The lowest BCUT2D eigenvalue weighted by Crippen LogP contribution is -2.41. The third-order valence-electron chi connectivity index (χ3n) is 3.30.